The maximum absolute atomic E-state index is 14.1. The van der Waals surface area contributed by atoms with E-state index in [1.807, 2.05) is 0 Å². The first-order valence-corrected chi connectivity index (χ1v) is 17.7. The van der Waals surface area contributed by atoms with E-state index in [0.29, 0.717) is 37.0 Å². The van der Waals surface area contributed by atoms with Gasteiger partial charge in [-0.3, -0.25) is 9.59 Å². The predicted octanol–water partition coefficient (Wildman–Crippen LogP) is 4.60. The Labute approximate surface area is 272 Å². The van der Waals surface area contributed by atoms with Gasteiger partial charge in [-0.25, -0.2) is 4.79 Å². The van der Waals surface area contributed by atoms with Crippen molar-refractivity contribution in [3.8, 4) is 0 Å². The van der Waals surface area contributed by atoms with Gasteiger partial charge in [0.15, 0.2) is 17.5 Å². The van der Waals surface area contributed by atoms with Gasteiger partial charge in [-0.2, -0.15) is 0 Å². The number of carbonyl (C=O) groups is 3. The van der Waals surface area contributed by atoms with Crippen LogP contribution in [-0.2, 0) is 19.1 Å². The Balaban J connectivity index is 1.27. The lowest BCUT2D eigenvalue weighted by Crippen LogP contribution is -2.67. The van der Waals surface area contributed by atoms with Gasteiger partial charge >= 0.3 is 11.9 Å². The molecule has 0 amide bonds. The summed E-state index contributed by atoms with van der Waals surface area (Å²) in [6.07, 6.45) is 2.19. The number of aliphatic hydroxyl groups excluding tert-OH is 3. The van der Waals surface area contributed by atoms with Crippen LogP contribution in [0.5, 0.6) is 0 Å². The molecule has 1 saturated heterocycles. The molecule has 1 aliphatic heterocycles. The zero-order valence-corrected chi connectivity index (χ0v) is 28.5. The lowest BCUT2D eigenvalue weighted by Gasteiger charge is -2.71. The average molecular weight is 643 g/mol. The molecule has 0 aromatic carbocycles. The number of aliphatic carboxylic acids is 2. The zero-order chi connectivity index (χ0) is 33.8. The molecule has 7 rings (SSSR count). The van der Waals surface area contributed by atoms with Crippen LogP contribution in [0.25, 0.3) is 0 Å². The van der Waals surface area contributed by atoms with Crippen LogP contribution in [0.3, 0.4) is 0 Å². The number of rotatable bonds is 2. The van der Waals surface area contributed by atoms with E-state index in [1.165, 1.54) is 5.57 Å². The van der Waals surface area contributed by atoms with E-state index in [1.54, 1.807) is 0 Å². The molecule has 15 atom stereocenters. The number of ether oxygens (including phenoxy) is 1. The first-order valence-electron chi connectivity index (χ1n) is 17.7. The summed E-state index contributed by atoms with van der Waals surface area (Å²) in [5.74, 6) is -1.33. The summed E-state index contributed by atoms with van der Waals surface area (Å²) in [5, 5.41) is 53.0. The number of hydrogen-bond donors (Lipinski definition) is 5. The van der Waals surface area contributed by atoms with Gasteiger partial charge in [-0.1, -0.05) is 60.1 Å². The highest BCUT2D eigenvalue weighted by Gasteiger charge is 2.91. The van der Waals surface area contributed by atoms with Gasteiger partial charge in [0.25, 0.3) is 0 Å². The van der Waals surface area contributed by atoms with Crippen molar-refractivity contribution in [3.63, 3.8) is 0 Å². The molecule has 6 aliphatic carbocycles. The number of hydrogen-bond acceptors (Lipinski definition) is 7. The maximum atomic E-state index is 14.1. The molecule has 9 nitrogen and oxygen atoms in total. The molecule has 256 valence electrons. The van der Waals surface area contributed by atoms with E-state index in [2.05, 4.69) is 54.5 Å². The predicted molar refractivity (Wildman–Crippen MR) is 167 cm³/mol. The van der Waals surface area contributed by atoms with Crippen LogP contribution in [0.2, 0.25) is 0 Å². The fourth-order valence-electron chi connectivity index (χ4n) is 14.0. The van der Waals surface area contributed by atoms with Gasteiger partial charge in [0.1, 0.15) is 18.3 Å². The second-order valence-corrected chi connectivity index (χ2v) is 18.1. The summed E-state index contributed by atoms with van der Waals surface area (Å²) in [5.41, 5.74) is -3.46. The number of aliphatic hydroxyl groups is 3. The third-order valence-electron chi connectivity index (χ3n) is 16.9. The number of carboxylic acid groups (broad SMARTS) is 2. The van der Waals surface area contributed by atoms with Crippen molar-refractivity contribution in [1.82, 2.24) is 0 Å². The summed E-state index contributed by atoms with van der Waals surface area (Å²) in [6.45, 7) is 15.9. The van der Waals surface area contributed by atoms with Crippen LogP contribution < -0.4 is 0 Å². The molecule has 2 spiro atoms. The van der Waals surface area contributed by atoms with Crippen molar-refractivity contribution < 1.29 is 44.7 Å². The number of fused-ring (bicyclic) bond motifs is 8. The number of ketones is 1. The molecule has 6 fully saturated rings. The summed E-state index contributed by atoms with van der Waals surface area (Å²) in [4.78, 5) is 39.2. The lowest BCUT2D eigenvalue weighted by molar-refractivity contribution is -0.266. The van der Waals surface area contributed by atoms with Crippen LogP contribution >= 0.6 is 0 Å². The highest BCUT2D eigenvalue weighted by Crippen LogP contribution is 2.82. The highest BCUT2D eigenvalue weighted by atomic mass is 16.6. The normalized spacial score (nSPS) is 57.0. The largest absolute Gasteiger partial charge is 0.481 e. The Bertz CT molecular complexity index is 1420. The Morgan fingerprint density at radius 2 is 1.52 bits per heavy atom. The maximum Gasteiger partial charge on any atom is 0.335 e. The standard InChI is InChI=1S/C37H54O9/c1-18-10-13-35(30(44)45)16-15-33(6)20(23(35)19(18)2)8-9-22-32(5)14-17-36(31(3,4)21(32)11-12-34(22,33)7)29(43)37(36)27(40)25(39)24(38)26(46-37)28(41)42/h8,18-19,21-27,38-40H,9-17H2,1-7H3,(H,41,42)(H,44,45)/t18-,19+,21?,22?,23?,24+,25?,26?,27?,32+,33-,34-,35+,36+,37?/m1/s1. The van der Waals surface area contributed by atoms with Gasteiger partial charge < -0.3 is 30.3 Å². The van der Waals surface area contributed by atoms with Crippen LogP contribution in [0.1, 0.15) is 106 Å². The summed E-state index contributed by atoms with van der Waals surface area (Å²) in [7, 11) is 0. The highest BCUT2D eigenvalue weighted by molar-refractivity contribution is 6.13. The second kappa shape index (κ2) is 9.45. The van der Waals surface area contributed by atoms with E-state index >= 15 is 0 Å². The van der Waals surface area contributed by atoms with E-state index in [0.717, 1.165) is 38.5 Å². The third kappa shape index (κ3) is 3.30. The Morgan fingerprint density at radius 3 is 2.15 bits per heavy atom. The zero-order valence-electron chi connectivity index (χ0n) is 28.5. The Morgan fingerprint density at radius 1 is 0.848 bits per heavy atom. The third-order valence-corrected chi connectivity index (χ3v) is 16.9. The van der Waals surface area contributed by atoms with Gasteiger partial charge in [0, 0.05) is 0 Å². The fraction of sp³-hybridized carbons (Fsp3) is 0.865. The lowest BCUT2D eigenvalue weighted by atomic mass is 9.32. The Kier molecular flexibility index (Phi) is 6.72. The number of carboxylic acids is 2. The molecule has 0 bridgehead atoms. The van der Waals surface area contributed by atoms with Crippen molar-refractivity contribution in [1.29, 1.82) is 0 Å². The van der Waals surface area contributed by atoms with E-state index in [9.17, 15) is 39.9 Å². The molecule has 1 heterocycles. The summed E-state index contributed by atoms with van der Waals surface area (Å²) < 4.78 is 5.94. The van der Waals surface area contributed by atoms with Crippen molar-refractivity contribution in [2.75, 3.05) is 0 Å². The van der Waals surface area contributed by atoms with Crippen LogP contribution in [-0.4, -0.2) is 73.3 Å². The van der Waals surface area contributed by atoms with Crippen molar-refractivity contribution in [2.24, 2.45) is 62.1 Å². The van der Waals surface area contributed by atoms with Gasteiger partial charge in [0.2, 0.25) is 0 Å². The van der Waals surface area contributed by atoms with Crippen molar-refractivity contribution in [3.05, 3.63) is 11.6 Å². The molecular formula is C37H54O9. The first kappa shape index (κ1) is 32.7. The first-order chi connectivity index (χ1) is 21.3. The molecule has 0 aromatic heterocycles. The molecule has 0 aromatic rings. The van der Waals surface area contributed by atoms with E-state index in [4.69, 9.17) is 4.74 Å². The quantitative estimate of drug-likeness (QED) is 0.271. The number of allylic oxidation sites excluding steroid dienone is 2. The smallest absolute Gasteiger partial charge is 0.335 e. The minimum atomic E-state index is -1.87. The van der Waals surface area contributed by atoms with Crippen molar-refractivity contribution >= 4 is 17.7 Å². The topological polar surface area (TPSA) is 162 Å². The summed E-state index contributed by atoms with van der Waals surface area (Å²) in [6, 6.07) is 0. The van der Waals surface area contributed by atoms with Crippen molar-refractivity contribution in [2.45, 2.75) is 136 Å². The molecule has 0 radical (unpaired) electrons. The minimum Gasteiger partial charge on any atom is -0.481 e. The van der Waals surface area contributed by atoms with Gasteiger partial charge in [-0.15, -0.1) is 0 Å². The average Bonchev–Trinajstić information content (AvgIpc) is 3.51. The second-order valence-electron chi connectivity index (χ2n) is 18.1. The fourth-order valence-corrected chi connectivity index (χ4v) is 14.0. The van der Waals surface area contributed by atoms with Crippen LogP contribution in [0, 0.1) is 62.1 Å². The molecule has 7 unspecified atom stereocenters. The molecule has 46 heavy (non-hydrogen) atoms. The molecule has 5 N–H and O–H groups in total. The van der Waals surface area contributed by atoms with Crippen LogP contribution in [0.15, 0.2) is 11.6 Å². The van der Waals surface area contributed by atoms with Gasteiger partial charge in [-0.05, 0) is 109 Å². The molecular weight excluding hydrogens is 588 g/mol. The SMILES string of the molecule is C[C@@H]1CC[C@]2(C(=O)O)CC[C@]3(C)C(=CCC4[C@@]5(C)CC[C@]6(C(=O)C67OC(C(=O)O)[C@@H](O)C(O)C7O)C(C)(C)C5CC[C@]43C)C2[C@H]1C. The van der Waals surface area contributed by atoms with E-state index in [-0.39, 0.29) is 33.9 Å². The van der Waals surface area contributed by atoms with Crippen LogP contribution in [0.4, 0.5) is 0 Å². The minimum absolute atomic E-state index is 0.0275. The number of Topliss-reactive ketones (excluding diaryl/α,β-unsaturated/α-hetero) is 1. The van der Waals surface area contributed by atoms with Gasteiger partial charge in [0.05, 0.1) is 10.8 Å². The summed E-state index contributed by atoms with van der Waals surface area (Å²) >= 11 is 0. The molecule has 7 aliphatic rings. The monoisotopic (exact) mass is 642 g/mol. The Hall–Kier alpha value is -1.81. The van der Waals surface area contributed by atoms with E-state index < -0.39 is 58.2 Å². The number of carbonyl (C=O) groups excluding carboxylic acids is 1. The molecule has 5 saturated carbocycles. The molecule has 9 heteroatoms.